The Bertz CT molecular complexity index is 670. The lowest BCUT2D eigenvalue weighted by Crippen LogP contribution is -2.04. The van der Waals surface area contributed by atoms with E-state index in [9.17, 15) is 0 Å². The molecule has 2 heteroatoms. The van der Waals surface area contributed by atoms with Crippen LogP contribution in [0.2, 0.25) is 0 Å². The average molecular weight is 236 g/mol. The minimum absolute atomic E-state index is 0.888. The van der Waals surface area contributed by atoms with E-state index in [1.807, 2.05) is 12.3 Å². The number of aromatic nitrogens is 2. The van der Waals surface area contributed by atoms with Gasteiger partial charge in [0.05, 0.1) is 5.52 Å². The molecule has 0 bridgehead atoms. The van der Waals surface area contributed by atoms with Crippen LogP contribution in [0.1, 0.15) is 17.0 Å². The van der Waals surface area contributed by atoms with E-state index in [4.69, 9.17) is 0 Å². The van der Waals surface area contributed by atoms with Gasteiger partial charge in [0.1, 0.15) is 0 Å². The third-order valence-corrected chi connectivity index (χ3v) is 3.46. The lowest BCUT2D eigenvalue weighted by atomic mass is 10.1. The van der Waals surface area contributed by atoms with Crippen molar-refractivity contribution < 1.29 is 0 Å². The number of aryl methyl sites for hydroxylation is 2. The van der Waals surface area contributed by atoms with Crippen LogP contribution in [-0.4, -0.2) is 9.55 Å². The Kier molecular flexibility index (Phi) is 2.63. The second kappa shape index (κ2) is 4.30. The molecular weight excluding hydrogens is 220 g/mol. The number of pyridine rings is 1. The second-order valence-electron chi connectivity index (χ2n) is 4.69. The molecule has 18 heavy (non-hydrogen) atoms. The number of fused-ring (bicyclic) bond motifs is 1. The largest absolute Gasteiger partial charge is 0.345 e. The lowest BCUT2D eigenvalue weighted by molar-refractivity contribution is 0.752. The minimum atomic E-state index is 0.888. The predicted octanol–water partition coefficient (Wildman–Crippen LogP) is 3.70. The first-order valence-corrected chi connectivity index (χ1v) is 6.21. The summed E-state index contributed by atoms with van der Waals surface area (Å²) in [5.74, 6) is 0. The normalized spacial score (nSPS) is 11.0. The summed E-state index contributed by atoms with van der Waals surface area (Å²) in [5.41, 5.74) is 4.96. The number of nitrogens with zero attached hydrogens (tertiary/aromatic N) is 2. The molecule has 2 heterocycles. The van der Waals surface area contributed by atoms with Gasteiger partial charge in [-0.1, -0.05) is 24.3 Å². The molecule has 0 atom stereocenters. The first-order chi connectivity index (χ1) is 8.75. The SMILES string of the molecule is Cc1ccc(C)n1Cc1cccc2cccnc12. The molecule has 0 spiro atoms. The molecule has 0 saturated heterocycles. The van der Waals surface area contributed by atoms with Crippen LogP contribution in [0.3, 0.4) is 0 Å². The molecule has 0 aliphatic heterocycles. The highest BCUT2D eigenvalue weighted by Crippen LogP contribution is 2.19. The third-order valence-electron chi connectivity index (χ3n) is 3.46. The maximum Gasteiger partial charge on any atom is 0.0751 e. The van der Waals surface area contributed by atoms with E-state index < -0.39 is 0 Å². The van der Waals surface area contributed by atoms with Crippen molar-refractivity contribution in [2.75, 3.05) is 0 Å². The minimum Gasteiger partial charge on any atom is -0.345 e. The Morgan fingerprint density at radius 2 is 1.67 bits per heavy atom. The van der Waals surface area contributed by atoms with E-state index in [1.54, 1.807) is 0 Å². The molecular formula is C16H16N2. The fourth-order valence-electron chi connectivity index (χ4n) is 2.41. The fraction of sp³-hybridized carbons (Fsp3) is 0.188. The smallest absolute Gasteiger partial charge is 0.0751 e. The molecule has 0 saturated carbocycles. The summed E-state index contributed by atoms with van der Waals surface area (Å²) in [5, 5.41) is 1.21. The van der Waals surface area contributed by atoms with Crippen LogP contribution in [-0.2, 0) is 6.54 Å². The predicted molar refractivity (Wildman–Crippen MR) is 74.8 cm³/mol. The maximum atomic E-state index is 4.51. The Morgan fingerprint density at radius 3 is 2.44 bits per heavy atom. The quantitative estimate of drug-likeness (QED) is 0.663. The highest BCUT2D eigenvalue weighted by Gasteiger charge is 2.05. The van der Waals surface area contributed by atoms with E-state index in [1.165, 1.54) is 22.3 Å². The topological polar surface area (TPSA) is 17.8 Å². The van der Waals surface area contributed by atoms with E-state index in [0.29, 0.717) is 0 Å². The summed E-state index contributed by atoms with van der Waals surface area (Å²) >= 11 is 0. The van der Waals surface area contributed by atoms with Gasteiger partial charge in [-0.05, 0) is 37.6 Å². The van der Waals surface area contributed by atoms with Crippen LogP contribution in [0.4, 0.5) is 0 Å². The number of hydrogen-bond donors (Lipinski definition) is 0. The van der Waals surface area contributed by atoms with E-state index in [2.05, 4.69) is 59.8 Å². The summed E-state index contributed by atoms with van der Waals surface area (Å²) in [6.07, 6.45) is 1.86. The van der Waals surface area contributed by atoms with Crippen LogP contribution in [0.25, 0.3) is 10.9 Å². The van der Waals surface area contributed by atoms with Gasteiger partial charge >= 0.3 is 0 Å². The first kappa shape index (κ1) is 11.0. The molecule has 0 N–H and O–H groups in total. The molecule has 0 unspecified atom stereocenters. The Labute approximate surface area is 107 Å². The van der Waals surface area contributed by atoms with E-state index in [0.717, 1.165) is 12.1 Å². The Balaban J connectivity index is 2.11. The third kappa shape index (κ3) is 1.80. The van der Waals surface area contributed by atoms with Gasteiger partial charge in [0, 0.05) is 29.5 Å². The molecule has 0 aliphatic carbocycles. The molecule has 90 valence electrons. The highest BCUT2D eigenvalue weighted by molar-refractivity contribution is 5.81. The maximum absolute atomic E-state index is 4.51. The summed E-state index contributed by atoms with van der Waals surface area (Å²) in [6.45, 7) is 5.18. The van der Waals surface area contributed by atoms with Crippen LogP contribution >= 0.6 is 0 Å². The van der Waals surface area contributed by atoms with Gasteiger partial charge in [-0.15, -0.1) is 0 Å². The molecule has 3 aromatic rings. The summed E-state index contributed by atoms with van der Waals surface area (Å²) in [4.78, 5) is 4.51. The van der Waals surface area contributed by atoms with Crippen LogP contribution in [0.5, 0.6) is 0 Å². The monoisotopic (exact) mass is 236 g/mol. The summed E-state index contributed by atoms with van der Waals surface area (Å²) in [7, 11) is 0. The van der Waals surface area contributed by atoms with Gasteiger partial charge in [-0.25, -0.2) is 0 Å². The molecule has 0 fully saturated rings. The number of para-hydroxylation sites is 1. The number of rotatable bonds is 2. The zero-order valence-corrected chi connectivity index (χ0v) is 10.7. The van der Waals surface area contributed by atoms with Crippen molar-refractivity contribution in [3.63, 3.8) is 0 Å². The zero-order chi connectivity index (χ0) is 12.5. The van der Waals surface area contributed by atoms with Crippen LogP contribution in [0, 0.1) is 13.8 Å². The standard InChI is InChI=1S/C16H16N2/c1-12-8-9-13(2)18(12)11-15-6-3-5-14-7-4-10-17-16(14)15/h3-10H,11H2,1-2H3. The lowest BCUT2D eigenvalue weighted by Gasteiger charge is -2.11. The Morgan fingerprint density at radius 1 is 0.944 bits per heavy atom. The van der Waals surface area contributed by atoms with E-state index >= 15 is 0 Å². The highest BCUT2D eigenvalue weighted by atomic mass is 15.0. The van der Waals surface area contributed by atoms with Gasteiger partial charge in [-0.3, -0.25) is 4.98 Å². The van der Waals surface area contributed by atoms with Crippen molar-refractivity contribution in [1.82, 2.24) is 9.55 Å². The van der Waals surface area contributed by atoms with Crippen molar-refractivity contribution in [1.29, 1.82) is 0 Å². The molecule has 3 rings (SSSR count). The average Bonchev–Trinajstić information content (AvgIpc) is 2.71. The first-order valence-electron chi connectivity index (χ1n) is 6.21. The fourth-order valence-corrected chi connectivity index (χ4v) is 2.41. The molecule has 0 radical (unpaired) electrons. The van der Waals surface area contributed by atoms with E-state index in [-0.39, 0.29) is 0 Å². The van der Waals surface area contributed by atoms with Crippen molar-refractivity contribution in [2.45, 2.75) is 20.4 Å². The van der Waals surface area contributed by atoms with Crippen molar-refractivity contribution in [2.24, 2.45) is 0 Å². The van der Waals surface area contributed by atoms with Crippen molar-refractivity contribution >= 4 is 10.9 Å². The molecule has 1 aromatic carbocycles. The van der Waals surface area contributed by atoms with Crippen molar-refractivity contribution in [3.05, 3.63) is 65.6 Å². The number of hydrogen-bond acceptors (Lipinski definition) is 1. The Hall–Kier alpha value is -2.09. The van der Waals surface area contributed by atoms with Crippen LogP contribution < -0.4 is 0 Å². The molecule has 0 aliphatic rings. The van der Waals surface area contributed by atoms with Crippen molar-refractivity contribution in [3.8, 4) is 0 Å². The second-order valence-corrected chi connectivity index (χ2v) is 4.69. The van der Waals surface area contributed by atoms with Gasteiger partial charge in [0.15, 0.2) is 0 Å². The number of benzene rings is 1. The van der Waals surface area contributed by atoms with Crippen LogP contribution in [0.15, 0.2) is 48.7 Å². The summed E-state index contributed by atoms with van der Waals surface area (Å²) in [6, 6.07) is 14.8. The molecule has 2 nitrogen and oxygen atoms in total. The van der Waals surface area contributed by atoms with Gasteiger partial charge in [0.2, 0.25) is 0 Å². The molecule has 0 amide bonds. The summed E-state index contributed by atoms with van der Waals surface area (Å²) < 4.78 is 2.32. The van der Waals surface area contributed by atoms with Gasteiger partial charge in [0.25, 0.3) is 0 Å². The van der Waals surface area contributed by atoms with Gasteiger partial charge in [-0.2, -0.15) is 0 Å². The molecule has 2 aromatic heterocycles. The van der Waals surface area contributed by atoms with Gasteiger partial charge < -0.3 is 4.57 Å². The zero-order valence-electron chi connectivity index (χ0n) is 10.7.